The zero-order valence-corrected chi connectivity index (χ0v) is 12.5. The van der Waals surface area contributed by atoms with Crippen LogP contribution in [-0.4, -0.2) is 16.6 Å². The molecule has 102 valence electrons. The second-order valence-electron chi connectivity index (χ2n) is 4.51. The quantitative estimate of drug-likeness (QED) is 0.913. The van der Waals surface area contributed by atoms with Gasteiger partial charge in [-0.05, 0) is 31.2 Å². The van der Waals surface area contributed by atoms with Crippen LogP contribution in [0, 0.1) is 0 Å². The van der Waals surface area contributed by atoms with Crippen molar-refractivity contribution in [2.75, 3.05) is 7.05 Å². The molecule has 0 aliphatic rings. The lowest BCUT2D eigenvalue weighted by molar-refractivity contribution is 0.536. The molecular formula is C14H17Cl2N3. The van der Waals surface area contributed by atoms with Crippen LogP contribution in [0.15, 0.2) is 30.6 Å². The van der Waals surface area contributed by atoms with Gasteiger partial charge in [-0.15, -0.1) is 0 Å². The zero-order chi connectivity index (χ0) is 13.8. The van der Waals surface area contributed by atoms with Crippen molar-refractivity contribution in [2.45, 2.75) is 18.9 Å². The van der Waals surface area contributed by atoms with Crippen molar-refractivity contribution in [1.82, 2.24) is 14.9 Å². The fraction of sp³-hybridized carbons (Fsp3) is 0.357. The molecule has 0 amide bonds. The number of rotatable bonds is 5. The summed E-state index contributed by atoms with van der Waals surface area (Å²) in [5.74, 6) is 1.08. The normalized spacial score (nSPS) is 12.6. The zero-order valence-electron chi connectivity index (χ0n) is 11.0. The Bertz CT molecular complexity index is 551. The molecule has 2 rings (SSSR count). The summed E-state index contributed by atoms with van der Waals surface area (Å²) in [6.07, 6.45) is 5.65. The molecule has 19 heavy (non-hydrogen) atoms. The maximum absolute atomic E-state index is 6.06. The molecule has 0 saturated carbocycles. The predicted octanol–water partition coefficient (Wildman–Crippen LogP) is 3.62. The fourth-order valence-electron chi connectivity index (χ4n) is 2.12. The second kappa shape index (κ2) is 6.42. The first kappa shape index (κ1) is 14.4. The molecule has 1 unspecified atom stereocenters. The Morgan fingerprint density at radius 2 is 2.11 bits per heavy atom. The van der Waals surface area contributed by atoms with Gasteiger partial charge in [-0.1, -0.05) is 29.3 Å². The SMILES string of the molecule is CNC(CCc1nccn1C)c1ccc(Cl)c(Cl)c1. The van der Waals surface area contributed by atoms with Crippen LogP contribution in [-0.2, 0) is 13.5 Å². The van der Waals surface area contributed by atoms with Crippen LogP contribution < -0.4 is 5.32 Å². The Morgan fingerprint density at radius 3 is 2.68 bits per heavy atom. The molecule has 1 aromatic heterocycles. The summed E-state index contributed by atoms with van der Waals surface area (Å²) < 4.78 is 2.04. The molecule has 1 aromatic carbocycles. The average molecular weight is 298 g/mol. The van der Waals surface area contributed by atoms with Gasteiger partial charge in [-0.3, -0.25) is 0 Å². The van der Waals surface area contributed by atoms with Gasteiger partial charge in [0, 0.05) is 31.9 Å². The molecule has 0 bridgehead atoms. The Kier molecular flexibility index (Phi) is 4.86. The monoisotopic (exact) mass is 297 g/mol. The largest absolute Gasteiger partial charge is 0.338 e. The molecule has 1 heterocycles. The van der Waals surface area contributed by atoms with Crippen LogP contribution in [0.3, 0.4) is 0 Å². The Morgan fingerprint density at radius 1 is 1.32 bits per heavy atom. The van der Waals surface area contributed by atoms with Crippen molar-refractivity contribution in [1.29, 1.82) is 0 Å². The van der Waals surface area contributed by atoms with E-state index in [0.29, 0.717) is 10.0 Å². The third-order valence-corrected chi connectivity index (χ3v) is 4.01. The first-order valence-electron chi connectivity index (χ1n) is 6.20. The third-order valence-electron chi connectivity index (χ3n) is 3.27. The number of imidazole rings is 1. The molecule has 0 spiro atoms. The summed E-state index contributed by atoms with van der Waals surface area (Å²) in [5, 5.41) is 4.49. The summed E-state index contributed by atoms with van der Waals surface area (Å²) in [4.78, 5) is 4.34. The maximum atomic E-state index is 6.06. The summed E-state index contributed by atoms with van der Waals surface area (Å²) in [7, 11) is 3.96. The van der Waals surface area contributed by atoms with E-state index in [1.165, 1.54) is 0 Å². The van der Waals surface area contributed by atoms with Crippen molar-refractivity contribution in [3.8, 4) is 0 Å². The van der Waals surface area contributed by atoms with Gasteiger partial charge in [0.05, 0.1) is 10.0 Å². The lowest BCUT2D eigenvalue weighted by atomic mass is 10.0. The molecule has 3 nitrogen and oxygen atoms in total. The number of benzene rings is 1. The molecule has 0 saturated heterocycles. The van der Waals surface area contributed by atoms with Crippen LogP contribution in [0.2, 0.25) is 10.0 Å². The highest BCUT2D eigenvalue weighted by atomic mass is 35.5. The smallest absolute Gasteiger partial charge is 0.108 e. The molecular weight excluding hydrogens is 281 g/mol. The highest BCUT2D eigenvalue weighted by molar-refractivity contribution is 6.42. The van der Waals surface area contributed by atoms with Crippen LogP contribution in [0.1, 0.15) is 23.9 Å². The van der Waals surface area contributed by atoms with Crippen LogP contribution >= 0.6 is 23.2 Å². The molecule has 5 heteroatoms. The van der Waals surface area contributed by atoms with Crippen LogP contribution in [0.4, 0.5) is 0 Å². The number of hydrogen-bond acceptors (Lipinski definition) is 2. The number of aryl methyl sites for hydroxylation is 2. The molecule has 2 aromatic rings. The minimum Gasteiger partial charge on any atom is -0.338 e. The minimum atomic E-state index is 0.242. The molecule has 0 aliphatic carbocycles. The highest BCUT2D eigenvalue weighted by Crippen LogP contribution is 2.27. The van der Waals surface area contributed by atoms with Gasteiger partial charge < -0.3 is 9.88 Å². The predicted molar refractivity (Wildman–Crippen MR) is 79.8 cm³/mol. The average Bonchev–Trinajstić information content (AvgIpc) is 2.80. The Balaban J connectivity index is 2.07. The summed E-state index contributed by atoms with van der Waals surface area (Å²) in [6, 6.07) is 6.01. The highest BCUT2D eigenvalue weighted by Gasteiger charge is 2.12. The van der Waals surface area contributed by atoms with E-state index in [-0.39, 0.29) is 6.04 Å². The Hall–Kier alpha value is -1.03. The van der Waals surface area contributed by atoms with Crippen molar-refractivity contribution in [3.05, 3.63) is 52.0 Å². The van der Waals surface area contributed by atoms with Crippen molar-refractivity contribution >= 4 is 23.2 Å². The second-order valence-corrected chi connectivity index (χ2v) is 5.32. The summed E-state index contributed by atoms with van der Waals surface area (Å²) in [5.41, 5.74) is 1.14. The topological polar surface area (TPSA) is 29.9 Å². The first-order valence-corrected chi connectivity index (χ1v) is 6.96. The van der Waals surface area contributed by atoms with Gasteiger partial charge in [0.2, 0.25) is 0 Å². The number of halogens is 2. The lowest BCUT2D eigenvalue weighted by Gasteiger charge is -2.17. The number of nitrogens with zero attached hydrogens (tertiary/aromatic N) is 2. The third kappa shape index (κ3) is 3.50. The standard InChI is InChI=1S/C14H17Cl2N3/c1-17-13(5-6-14-18-7-8-19(14)2)10-3-4-11(15)12(16)9-10/h3-4,7-9,13,17H,5-6H2,1-2H3. The Labute approximate surface area is 123 Å². The summed E-state index contributed by atoms with van der Waals surface area (Å²) >= 11 is 12.0. The molecule has 1 N–H and O–H groups in total. The van der Waals surface area contributed by atoms with Gasteiger partial charge in [-0.25, -0.2) is 4.98 Å². The fourth-order valence-corrected chi connectivity index (χ4v) is 2.42. The van der Waals surface area contributed by atoms with Gasteiger partial charge in [0.1, 0.15) is 5.82 Å². The molecule has 1 atom stereocenters. The van der Waals surface area contributed by atoms with E-state index in [1.807, 2.05) is 49.3 Å². The van der Waals surface area contributed by atoms with Gasteiger partial charge in [0.15, 0.2) is 0 Å². The molecule has 0 aliphatic heterocycles. The van der Waals surface area contributed by atoms with E-state index in [4.69, 9.17) is 23.2 Å². The van der Waals surface area contributed by atoms with Crippen molar-refractivity contribution in [3.63, 3.8) is 0 Å². The molecule has 0 fully saturated rings. The van der Waals surface area contributed by atoms with E-state index < -0.39 is 0 Å². The molecule has 0 radical (unpaired) electrons. The van der Waals surface area contributed by atoms with Crippen LogP contribution in [0.5, 0.6) is 0 Å². The van der Waals surface area contributed by atoms with Crippen LogP contribution in [0.25, 0.3) is 0 Å². The van der Waals surface area contributed by atoms with Gasteiger partial charge in [-0.2, -0.15) is 0 Å². The number of nitrogens with one attached hydrogen (secondary N) is 1. The van der Waals surface area contributed by atoms with Crippen molar-refractivity contribution < 1.29 is 0 Å². The first-order chi connectivity index (χ1) is 9.11. The number of aromatic nitrogens is 2. The maximum Gasteiger partial charge on any atom is 0.108 e. The van der Waals surface area contributed by atoms with Gasteiger partial charge in [0.25, 0.3) is 0 Å². The van der Waals surface area contributed by atoms with E-state index in [2.05, 4.69) is 10.3 Å². The van der Waals surface area contributed by atoms with E-state index in [0.717, 1.165) is 24.2 Å². The van der Waals surface area contributed by atoms with E-state index >= 15 is 0 Å². The summed E-state index contributed by atoms with van der Waals surface area (Å²) in [6.45, 7) is 0. The van der Waals surface area contributed by atoms with Crippen molar-refractivity contribution in [2.24, 2.45) is 7.05 Å². The minimum absolute atomic E-state index is 0.242. The van der Waals surface area contributed by atoms with Gasteiger partial charge >= 0.3 is 0 Å². The lowest BCUT2D eigenvalue weighted by Crippen LogP contribution is -2.17. The van der Waals surface area contributed by atoms with E-state index in [1.54, 1.807) is 0 Å². The number of hydrogen-bond donors (Lipinski definition) is 1. The van der Waals surface area contributed by atoms with E-state index in [9.17, 15) is 0 Å².